The molecule has 34 heavy (non-hydrogen) atoms. The summed E-state index contributed by atoms with van der Waals surface area (Å²) in [5, 5.41) is 29.4. The molecule has 5 rings (SSSR count). The Bertz CT molecular complexity index is 1190. The molecule has 1 aliphatic heterocycles. The number of thiophene rings is 1. The average molecular weight is 489 g/mol. The molecule has 11 nitrogen and oxygen atoms in total. The van der Waals surface area contributed by atoms with E-state index in [0.29, 0.717) is 23.1 Å². The summed E-state index contributed by atoms with van der Waals surface area (Å²) < 4.78 is 10.8. The highest BCUT2D eigenvalue weighted by Gasteiger charge is 2.23. The third kappa shape index (κ3) is 5.63. The molecule has 0 atom stereocenters. The summed E-state index contributed by atoms with van der Waals surface area (Å²) in [6.07, 6.45) is 4.72. The van der Waals surface area contributed by atoms with Gasteiger partial charge in [-0.15, -0.1) is 0 Å². The number of hydrogen-bond donors (Lipinski definition) is 3. The van der Waals surface area contributed by atoms with Gasteiger partial charge in [0.1, 0.15) is 16.5 Å². The van der Waals surface area contributed by atoms with Crippen molar-refractivity contribution in [1.82, 2.24) is 9.97 Å². The van der Waals surface area contributed by atoms with Gasteiger partial charge >= 0.3 is 11.2 Å². The third-order valence-electron chi connectivity index (χ3n) is 5.69. The second-order valence-electron chi connectivity index (χ2n) is 7.97. The highest BCUT2D eigenvalue weighted by atomic mass is 32.1. The van der Waals surface area contributed by atoms with Crippen LogP contribution in [0.15, 0.2) is 24.3 Å². The second-order valence-corrected chi connectivity index (χ2v) is 8.98. The Hall–Kier alpha value is -3.67. The third-order valence-corrected chi connectivity index (χ3v) is 6.67. The summed E-state index contributed by atoms with van der Waals surface area (Å²) in [5.41, 5.74) is 1.13. The molecule has 0 spiro atoms. The number of rotatable bonds is 6. The fourth-order valence-electron chi connectivity index (χ4n) is 4.11. The molecule has 1 saturated carbocycles. The first-order valence-electron chi connectivity index (χ1n) is 10.9. The van der Waals surface area contributed by atoms with Gasteiger partial charge in [-0.2, -0.15) is 0 Å². The van der Waals surface area contributed by atoms with E-state index in [9.17, 15) is 10.1 Å². The number of hydrogen-bond acceptors (Lipinski definition) is 9. The van der Waals surface area contributed by atoms with Gasteiger partial charge in [0, 0.05) is 18.5 Å². The number of nitrogens with one attached hydrogen (secondary N) is 1. The van der Waals surface area contributed by atoms with Gasteiger partial charge in [-0.3, -0.25) is 10.1 Å². The minimum atomic E-state index is -1.83. The zero-order valence-electron chi connectivity index (χ0n) is 18.2. The minimum Gasteiger partial charge on any atom is -0.454 e. The Kier molecular flexibility index (Phi) is 7.26. The molecule has 2 aromatic heterocycles. The molecule has 1 aromatic carbocycles. The van der Waals surface area contributed by atoms with E-state index in [2.05, 4.69) is 5.32 Å². The predicted octanol–water partition coefficient (Wildman–Crippen LogP) is 5.25. The number of carbonyl (C=O) groups is 1. The maximum absolute atomic E-state index is 11.3. The number of benzene rings is 1. The van der Waals surface area contributed by atoms with E-state index in [1.165, 1.54) is 19.3 Å². The lowest BCUT2D eigenvalue weighted by Crippen LogP contribution is -2.12. The fourth-order valence-corrected chi connectivity index (χ4v) is 4.97. The van der Waals surface area contributed by atoms with Crippen LogP contribution in [0.4, 0.5) is 15.6 Å². The van der Waals surface area contributed by atoms with Crippen LogP contribution >= 0.6 is 11.3 Å². The summed E-state index contributed by atoms with van der Waals surface area (Å²) >= 11 is 1.12. The van der Waals surface area contributed by atoms with Crippen LogP contribution in [0.2, 0.25) is 0 Å². The van der Waals surface area contributed by atoms with E-state index in [1.807, 2.05) is 18.2 Å². The van der Waals surface area contributed by atoms with Crippen molar-refractivity contribution in [2.24, 2.45) is 0 Å². The zero-order chi connectivity index (χ0) is 24.1. The van der Waals surface area contributed by atoms with E-state index in [4.69, 9.17) is 34.4 Å². The van der Waals surface area contributed by atoms with Gasteiger partial charge in [-0.1, -0.05) is 25.3 Å². The zero-order valence-corrected chi connectivity index (χ0v) is 19.0. The van der Waals surface area contributed by atoms with Gasteiger partial charge in [0.2, 0.25) is 6.79 Å². The Morgan fingerprint density at radius 2 is 1.88 bits per heavy atom. The van der Waals surface area contributed by atoms with Crippen LogP contribution in [-0.2, 0) is 6.42 Å². The van der Waals surface area contributed by atoms with Gasteiger partial charge in [0.05, 0.1) is 10.3 Å². The first-order chi connectivity index (χ1) is 16.4. The molecular formula is C22H24N4O7S. The smallest absolute Gasteiger partial charge is 0.454 e. The highest BCUT2D eigenvalue weighted by Crippen LogP contribution is 2.37. The molecule has 12 heteroatoms. The Balaban J connectivity index is 0.000000636. The standard InChI is InChI=1S/C21H22N4O4S.CH2O3/c26-25(27)18-11-15-20(22-9-8-13-6-7-16-17(10-13)29-12-28-16)23-19(24-21(15)30-18)14-4-2-1-3-5-14;2-1(3)4/h6-7,10-11,14H,1-5,8-9,12H2,(H,22,23,24);(H2,2,3,4). The SMILES string of the molecule is O=C(O)O.O=[N+]([O-])c1cc2c(NCCc3ccc4c(c3)OCO4)nc(C3CCCCC3)nc2s1. The van der Waals surface area contributed by atoms with E-state index >= 15 is 0 Å². The lowest BCUT2D eigenvalue weighted by molar-refractivity contribution is -0.380. The number of aromatic nitrogens is 2. The number of fused-ring (bicyclic) bond motifs is 2. The normalized spacial score (nSPS) is 14.9. The number of anilines is 1. The molecule has 0 saturated heterocycles. The lowest BCUT2D eigenvalue weighted by Gasteiger charge is -2.20. The quantitative estimate of drug-likeness (QED) is 0.309. The van der Waals surface area contributed by atoms with E-state index in [0.717, 1.165) is 58.9 Å². The summed E-state index contributed by atoms with van der Waals surface area (Å²) in [6.45, 7) is 0.913. The fraction of sp³-hybridized carbons (Fsp3) is 0.409. The van der Waals surface area contributed by atoms with Crippen LogP contribution in [0.5, 0.6) is 11.5 Å². The molecule has 3 aromatic rings. The summed E-state index contributed by atoms with van der Waals surface area (Å²) in [7, 11) is 0. The van der Waals surface area contributed by atoms with E-state index in [1.54, 1.807) is 6.07 Å². The average Bonchev–Trinajstić information content (AvgIpc) is 3.46. The van der Waals surface area contributed by atoms with Crippen molar-refractivity contribution in [1.29, 1.82) is 0 Å². The van der Waals surface area contributed by atoms with Gasteiger partial charge in [0.15, 0.2) is 11.5 Å². The molecule has 3 heterocycles. The van der Waals surface area contributed by atoms with Crippen LogP contribution in [0.25, 0.3) is 10.2 Å². The molecule has 1 aliphatic carbocycles. The predicted molar refractivity (Wildman–Crippen MR) is 125 cm³/mol. The van der Waals surface area contributed by atoms with Gasteiger partial charge < -0.3 is 25.0 Å². The molecule has 3 N–H and O–H groups in total. The number of nitrogens with zero attached hydrogens (tertiary/aromatic N) is 3. The first-order valence-corrected chi connectivity index (χ1v) is 11.7. The molecule has 1 fully saturated rings. The topological polar surface area (TPSA) is 157 Å². The molecule has 0 amide bonds. The summed E-state index contributed by atoms with van der Waals surface area (Å²) in [6, 6.07) is 7.51. The van der Waals surface area contributed by atoms with Crippen molar-refractivity contribution in [3.05, 3.63) is 45.8 Å². The molecule has 0 radical (unpaired) electrons. The van der Waals surface area contributed by atoms with Crippen molar-refractivity contribution in [3.8, 4) is 11.5 Å². The lowest BCUT2D eigenvalue weighted by atomic mass is 9.89. The summed E-state index contributed by atoms with van der Waals surface area (Å²) in [5.74, 6) is 3.37. The number of ether oxygens (including phenoxy) is 2. The number of nitro groups is 1. The molecule has 180 valence electrons. The first kappa shape index (κ1) is 23.5. The van der Waals surface area contributed by atoms with Crippen LogP contribution < -0.4 is 14.8 Å². The maximum Gasteiger partial charge on any atom is 0.503 e. The van der Waals surface area contributed by atoms with Crippen molar-refractivity contribution < 1.29 is 29.4 Å². The van der Waals surface area contributed by atoms with Crippen LogP contribution in [0, 0.1) is 10.1 Å². The molecule has 2 aliphatic rings. The monoisotopic (exact) mass is 488 g/mol. The Morgan fingerprint density at radius 3 is 2.62 bits per heavy atom. The second kappa shape index (κ2) is 10.5. The van der Waals surface area contributed by atoms with E-state index in [-0.39, 0.29) is 16.7 Å². The van der Waals surface area contributed by atoms with Crippen molar-refractivity contribution in [2.75, 3.05) is 18.7 Å². The van der Waals surface area contributed by atoms with Crippen LogP contribution in [0.1, 0.15) is 49.4 Å². The van der Waals surface area contributed by atoms with Crippen molar-refractivity contribution >= 4 is 38.5 Å². The van der Waals surface area contributed by atoms with Crippen molar-refractivity contribution in [2.45, 2.75) is 44.4 Å². The molecular weight excluding hydrogens is 464 g/mol. The van der Waals surface area contributed by atoms with Gasteiger partial charge in [-0.05, 0) is 48.3 Å². The molecule has 0 unspecified atom stereocenters. The van der Waals surface area contributed by atoms with Crippen molar-refractivity contribution in [3.63, 3.8) is 0 Å². The van der Waals surface area contributed by atoms with Gasteiger partial charge in [0.25, 0.3) is 0 Å². The highest BCUT2D eigenvalue weighted by molar-refractivity contribution is 7.21. The Morgan fingerprint density at radius 1 is 1.15 bits per heavy atom. The largest absolute Gasteiger partial charge is 0.503 e. The van der Waals surface area contributed by atoms with Gasteiger partial charge in [-0.25, -0.2) is 14.8 Å². The maximum atomic E-state index is 11.3. The molecule has 0 bridgehead atoms. The van der Waals surface area contributed by atoms with Crippen LogP contribution in [0.3, 0.4) is 0 Å². The number of carboxylic acid groups (broad SMARTS) is 2. The summed E-state index contributed by atoms with van der Waals surface area (Å²) in [4.78, 5) is 29.7. The van der Waals surface area contributed by atoms with E-state index < -0.39 is 6.16 Å². The van der Waals surface area contributed by atoms with Crippen LogP contribution in [-0.4, -0.2) is 44.6 Å². The minimum absolute atomic E-state index is 0.0962. The Labute approximate surface area is 198 Å².